The van der Waals surface area contributed by atoms with E-state index < -0.39 is 12.1 Å². The summed E-state index contributed by atoms with van der Waals surface area (Å²) < 4.78 is 5.05. The van der Waals surface area contributed by atoms with Crippen molar-refractivity contribution >= 4 is 11.8 Å². The molecule has 1 aliphatic heterocycles. The van der Waals surface area contributed by atoms with Gasteiger partial charge in [-0.2, -0.15) is 0 Å². The molecule has 3 heterocycles. The normalized spacial score (nSPS) is 19.8. The molecule has 2 aromatic rings. The third-order valence-corrected chi connectivity index (χ3v) is 4.07. The van der Waals surface area contributed by atoms with Crippen LogP contribution in [0.3, 0.4) is 0 Å². The zero-order valence-electron chi connectivity index (χ0n) is 13.9. The number of aliphatic hydroxyl groups is 1. The maximum Gasteiger partial charge on any atom is 0.243 e. The molecule has 0 spiro atoms. The third kappa shape index (κ3) is 4.21. The summed E-state index contributed by atoms with van der Waals surface area (Å²) in [6.07, 6.45) is 1.16. The quantitative estimate of drug-likeness (QED) is 0.802. The minimum Gasteiger partial charge on any atom is -0.391 e. The molecule has 2 atom stereocenters. The van der Waals surface area contributed by atoms with Crippen molar-refractivity contribution in [1.82, 2.24) is 20.4 Å². The van der Waals surface area contributed by atoms with E-state index in [4.69, 9.17) is 4.52 Å². The number of β-amino-alcohol motifs (C(OH)–C–C–N with tert-alkyl or cyclic N) is 1. The van der Waals surface area contributed by atoms with Gasteiger partial charge in [0.2, 0.25) is 11.8 Å². The predicted octanol–water partition coefficient (Wildman–Crippen LogP) is 0.199. The maximum atomic E-state index is 12.5. The summed E-state index contributed by atoms with van der Waals surface area (Å²) in [4.78, 5) is 30.5. The summed E-state index contributed by atoms with van der Waals surface area (Å²) in [5.41, 5.74) is 1.42. The van der Waals surface area contributed by atoms with Crippen LogP contribution in [0.25, 0.3) is 0 Å². The molecule has 0 aromatic carbocycles. The Hall–Kier alpha value is -2.74. The van der Waals surface area contributed by atoms with Crippen molar-refractivity contribution in [2.75, 3.05) is 6.54 Å². The molecule has 8 heteroatoms. The van der Waals surface area contributed by atoms with Gasteiger partial charge >= 0.3 is 0 Å². The number of aromatic nitrogens is 2. The van der Waals surface area contributed by atoms with Crippen LogP contribution in [0.1, 0.15) is 23.6 Å². The molecule has 0 unspecified atom stereocenters. The summed E-state index contributed by atoms with van der Waals surface area (Å²) in [7, 11) is 0. The van der Waals surface area contributed by atoms with Crippen molar-refractivity contribution < 1.29 is 19.2 Å². The van der Waals surface area contributed by atoms with Gasteiger partial charge in [0.15, 0.2) is 0 Å². The van der Waals surface area contributed by atoms with Gasteiger partial charge < -0.3 is 19.8 Å². The fourth-order valence-electron chi connectivity index (χ4n) is 2.89. The van der Waals surface area contributed by atoms with Crippen molar-refractivity contribution in [2.24, 2.45) is 0 Å². The number of aliphatic hydroxyl groups excluding tert-OH is 1. The van der Waals surface area contributed by atoms with E-state index in [1.165, 1.54) is 4.90 Å². The highest BCUT2D eigenvalue weighted by Gasteiger charge is 2.38. The highest BCUT2D eigenvalue weighted by molar-refractivity contribution is 5.89. The Balaban J connectivity index is 1.62. The van der Waals surface area contributed by atoms with E-state index in [9.17, 15) is 14.7 Å². The summed E-state index contributed by atoms with van der Waals surface area (Å²) in [5.74, 6) is -0.133. The molecule has 1 saturated heterocycles. The first-order chi connectivity index (χ1) is 12.0. The van der Waals surface area contributed by atoms with Gasteiger partial charge in [-0.15, -0.1) is 0 Å². The van der Waals surface area contributed by atoms with Crippen LogP contribution in [0.2, 0.25) is 0 Å². The topological polar surface area (TPSA) is 109 Å². The molecule has 0 saturated carbocycles. The Kier molecular flexibility index (Phi) is 5.08. The molecule has 1 aliphatic rings. The third-order valence-electron chi connectivity index (χ3n) is 4.07. The summed E-state index contributed by atoms with van der Waals surface area (Å²) in [5, 5.41) is 16.4. The molecule has 1 fully saturated rings. The van der Waals surface area contributed by atoms with Gasteiger partial charge in [-0.1, -0.05) is 11.2 Å². The van der Waals surface area contributed by atoms with Crippen LogP contribution in [-0.2, 0) is 22.6 Å². The van der Waals surface area contributed by atoms with E-state index in [0.29, 0.717) is 11.5 Å². The van der Waals surface area contributed by atoms with Crippen LogP contribution in [0.5, 0.6) is 0 Å². The van der Waals surface area contributed by atoms with Crippen LogP contribution in [-0.4, -0.2) is 50.7 Å². The molecule has 0 aliphatic carbocycles. The largest absolute Gasteiger partial charge is 0.391 e. The lowest BCUT2D eigenvalue weighted by Crippen LogP contribution is -2.46. The average molecular weight is 344 g/mol. The lowest BCUT2D eigenvalue weighted by atomic mass is 10.1. The lowest BCUT2D eigenvalue weighted by molar-refractivity contribution is -0.138. The number of hydrogen-bond acceptors (Lipinski definition) is 6. The zero-order valence-corrected chi connectivity index (χ0v) is 13.9. The Labute approximate surface area is 144 Å². The molecule has 0 radical (unpaired) electrons. The Bertz CT molecular complexity index is 746. The number of carbonyl (C=O) groups excluding carboxylic acids is 2. The van der Waals surface area contributed by atoms with E-state index in [-0.39, 0.29) is 37.7 Å². The average Bonchev–Trinajstić information content (AvgIpc) is 3.19. The van der Waals surface area contributed by atoms with Crippen LogP contribution in [0, 0.1) is 6.92 Å². The minimum absolute atomic E-state index is 0.0115. The molecule has 132 valence electrons. The molecular weight excluding hydrogens is 324 g/mol. The van der Waals surface area contributed by atoms with Gasteiger partial charge in [0.25, 0.3) is 0 Å². The molecule has 8 nitrogen and oxygen atoms in total. The predicted molar refractivity (Wildman–Crippen MR) is 87.2 cm³/mol. The molecule has 25 heavy (non-hydrogen) atoms. The second-order valence-electron chi connectivity index (χ2n) is 6.10. The molecule has 2 N–H and O–H groups in total. The summed E-state index contributed by atoms with van der Waals surface area (Å²) in [6.45, 7) is 2.17. The minimum atomic E-state index is -0.717. The highest BCUT2D eigenvalue weighted by Crippen LogP contribution is 2.20. The number of hydrogen-bond donors (Lipinski definition) is 2. The number of nitrogens with one attached hydrogen (secondary N) is 1. The molecule has 0 bridgehead atoms. The molecular formula is C17H20N4O4. The number of aryl methyl sites for hydroxylation is 1. The highest BCUT2D eigenvalue weighted by atomic mass is 16.5. The lowest BCUT2D eigenvalue weighted by Gasteiger charge is -2.23. The van der Waals surface area contributed by atoms with E-state index in [2.05, 4.69) is 15.5 Å². The van der Waals surface area contributed by atoms with Gasteiger partial charge in [0.1, 0.15) is 11.8 Å². The summed E-state index contributed by atoms with van der Waals surface area (Å²) >= 11 is 0. The monoisotopic (exact) mass is 344 g/mol. The van der Waals surface area contributed by atoms with Crippen molar-refractivity contribution in [3.8, 4) is 0 Å². The SMILES string of the molecule is Cc1cc(CC(=O)N2C[C@H](O)C[C@H]2C(=O)NCc2ccccn2)on1. The first kappa shape index (κ1) is 17.1. The van der Waals surface area contributed by atoms with Gasteiger partial charge in [-0.25, -0.2) is 0 Å². The molecule has 2 amide bonds. The smallest absolute Gasteiger partial charge is 0.243 e. The van der Waals surface area contributed by atoms with E-state index >= 15 is 0 Å². The van der Waals surface area contributed by atoms with Crippen molar-refractivity contribution in [2.45, 2.75) is 38.5 Å². The second kappa shape index (κ2) is 7.43. The number of rotatable bonds is 5. The number of carbonyl (C=O) groups is 2. The number of nitrogens with zero attached hydrogens (tertiary/aromatic N) is 3. The fourth-order valence-corrected chi connectivity index (χ4v) is 2.89. The molecule has 3 rings (SSSR count). The van der Waals surface area contributed by atoms with Crippen LogP contribution >= 0.6 is 0 Å². The van der Waals surface area contributed by atoms with Crippen molar-refractivity contribution in [1.29, 1.82) is 0 Å². The number of pyridine rings is 1. The van der Waals surface area contributed by atoms with Crippen molar-refractivity contribution in [3.63, 3.8) is 0 Å². The van der Waals surface area contributed by atoms with Crippen LogP contribution in [0.15, 0.2) is 35.0 Å². The van der Waals surface area contributed by atoms with E-state index in [1.54, 1.807) is 31.3 Å². The first-order valence-corrected chi connectivity index (χ1v) is 8.10. The van der Waals surface area contributed by atoms with Crippen molar-refractivity contribution in [3.05, 3.63) is 47.6 Å². The maximum absolute atomic E-state index is 12.5. The van der Waals surface area contributed by atoms with Crippen LogP contribution < -0.4 is 5.32 Å². The van der Waals surface area contributed by atoms with E-state index in [0.717, 1.165) is 5.69 Å². The number of amides is 2. The fraction of sp³-hybridized carbons (Fsp3) is 0.412. The van der Waals surface area contributed by atoms with Gasteiger partial charge in [-0.3, -0.25) is 14.6 Å². The Morgan fingerprint density at radius 2 is 2.28 bits per heavy atom. The van der Waals surface area contributed by atoms with Gasteiger partial charge in [0.05, 0.1) is 30.5 Å². The Morgan fingerprint density at radius 1 is 1.44 bits per heavy atom. The number of likely N-dealkylation sites (tertiary alicyclic amines) is 1. The second-order valence-corrected chi connectivity index (χ2v) is 6.10. The van der Waals surface area contributed by atoms with E-state index in [1.807, 2.05) is 6.07 Å². The van der Waals surface area contributed by atoms with Gasteiger partial charge in [-0.05, 0) is 19.1 Å². The molecule has 2 aromatic heterocycles. The van der Waals surface area contributed by atoms with Crippen LogP contribution in [0.4, 0.5) is 0 Å². The zero-order chi connectivity index (χ0) is 17.8. The summed E-state index contributed by atoms with van der Waals surface area (Å²) in [6, 6.07) is 6.42. The van der Waals surface area contributed by atoms with Gasteiger partial charge in [0, 0.05) is 25.2 Å². The Morgan fingerprint density at radius 3 is 2.96 bits per heavy atom. The standard InChI is InChI=1S/C17H20N4O4/c1-11-6-14(25-20-11)8-16(23)21-10-13(22)7-15(21)17(24)19-9-12-4-2-3-5-18-12/h2-6,13,15,22H,7-10H2,1H3,(H,19,24)/t13-,15+/m1/s1. The first-order valence-electron chi connectivity index (χ1n) is 8.10.